The van der Waals surface area contributed by atoms with Crippen LogP contribution in [0.4, 0.5) is 10.6 Å². The van der Waals surface area contributed by atoms with Gasteiger partial charge in [0.25, 0.3) is 0 Å². The maximum Gasteiger partial charge on any atom is 0.325 e. The second-order valence-corrected chi connectivity index (χ2v) is 4.45. The lowest BCUT2D eigenvalue weighted by Crippen LogP contribution is -2.30. The first kappa shape index (κ1) is 17.7. The fourth-order valence-electron chi connectivity index (χ4n) is 1.44. The summed E-state index contributed by atoms with van der Waals surface area (Å²) >= 11 is 5.78. The van der Waals surface area contributed by atoms with Crippen LogP contribution in [0.25, 0.3) is 0 Å². The lowest BCUT2D eigenvalue weighted by Gasteiger charge is -2.15. The summed E-state index contributed by atoms with van der Waals surface area (Å²) in [5, 5.41) is 5.40. The SMILES string of the molecule is C=C(Cl)/C=C(NC(=O)Nc1cnccn1)\C(=C/C)OCCN. The van der Waals surface area contributed by atoms with Crippen LogP contribution in [0.15, 0.2) is 53.8 Å². The minimum absolute atomic E-state index is 0.241. The number of nitrogens with two attached hydrogens (primary N) is 1. The zero-order chi connectivity index (χ0) is 16.4. The highest BCUT2D eigenvalue weighted by Gasteiger charge is 2.11. The highest BCUT2D eigenvalue weighted by Crippen LogP contribution is 2.13. The molecular weight excluding hydrogens is 306 g/mol. The molecule has 1 heterocycles. The van der Waals surface area contributed by atoms with E-state index in [9.17, 15) is 4.79 Å². The lowest BCUT2D eigenvalue weighted by atomic mass is 10.3. The summed E-state index contributed by atoms with van der Waals surface area (Å²) in [5.74, 6) is 0.746. The van der Waals surface area contributed by atoms with Crippen molar-refractivity contribution >= 4 is 23.4 Å². The zero-order valence-electron chi connectivity index (χ0n) is 12.2. The Morgan fingerprint density at radius 1 is 1.55 bits per heavy atom. The molecule has 1 aromatic rings. The van der Waals surface area contributed by atoms with Gasteiger partial charge in [-0.15, -0.1) is 0 Å². The number of anilines is 1. The second kappa shape index (κ2) is 9.54. The van der Waals surface area contributed by atoms with Gasteiger partial charge in [0.2, 0.25) is 0 Å². The molecule has 0 radical (unpaired) electrons. The minimum Gasteiger partial charge on any atom is -0.490 e. The van der Waals surface area contributed by atoms with E-state index >= 15 is 0 Å². The fourth-order valence-corrected chi connectivity index (χ4v) is 1.55. The van der Waals surface area contributed by atoms with Crippen molar-refractivity contribution in [2.24, 2.45) is 5.73 Å². The van der Waals surface area contributed by atoms with Crippen LogP contribution < -0.4 is 16.4 Å². The summed E-state index contributed by atoms with van der Waals surface area (Å²) in [5.41, 5.74) is 5.76. The standard InChI is InChI=1S/C14H18ClN5O2/c1-3-12(22-7-4-16)11(8-10(2)15)19-14(21)20-13-9-17-5-6-18-13/h3,5-6,8-9H,2,4,7,16H2,1H3,(H2,18,19,20,21)/b11-8+,12-3+. The van der Waals surface area contributed by atoms with Crippen molar-refractivity contribution in [1.29, 1.82) is 0 Å². The first-order valence-electron chi connectivity index (χ1n) is 6.46. The number of urea groups is 1. The first-order valence-corrected chi connectivity index (χ1v) is 6.84. The first-order chi connectivity index (χ1) is 10.6. The molecule has 0 aromatic carbocycles. The van der Waals surface area contributed by atoms with Gasteiger partial charge in [0.15, 0.2) is 5.82 Å². The van der Waals surface area contributed by atoms with Gasteiger partial charge in [-0.05, 0) is 19.1 Å². The van der Waals surface area contributed by atoms with Crippen molar-refractivity contribution in [3.05, 3.63) is 53.8 Å². The van der Waals surface area contributed by atoms with Crippen LogP contribution >= 0.6 is 11.6 Å². The topological polar surface area (TPSA) is 102 Å². The molecule has 0 unspecified atom stereocenters. The molecule has 2 amide bonds. The minimum atomic E-state index is -0.514. The van der Waals surface area contributed by atoms with Crippen molar-refractivity contribution in [3.8, 4) is 0 Å². The van der Waals surface area contributed by atoms with E-state index in [4.69, 9.17) is 22.1 Å². The average Bonchev–Trinajstić information content (AvgIpc) is 2.48. The number of halogens is 1. The largest absolute Gasteiger partial charge is 0.490 e. The molecule has 4 N–H and O–H groups in total. The Hall–Kier alpha value is -2.38. The van der Waals surface area contributed by atoms with E-state index in [1.807, 2.05) is 0 Å². The van der Waals surface area contributed by atoms with Crippen molar-refractivity contribution in [2.45, 2.75) is 6.92 Å². The van der Waals surface area contributed by atoms with Crippen molar-refractivity contribution in [3.63, 3.8) is 0 Å². The molecule has 0 bridgehead atoms. The van der Waals surface area contributed by atoms with E-state index in [-0.39, 0.29) is 5.03 Å². The maximum absolute atomic E-state index is 12.0. The summed E-state index contributed by atoms with van der Waals surface area (Å²) in [6.07, 6.45) is 7.55. The van der Waals surface area contributed by atoms with E-state index in [0.717, 1.165) is 0 Å². The number of rotatable bonds is 7. The zero-order valence-corrected chi connectivity index (χ0v) is 12.9. The molecular formula is C14H18ClN5O2. The number of nitrogens with one attached hydrogen (secondary N) is 2. The molecule has 22 heavy (non-hydrogen) atoms. The molecule has 118 valence electrons. The number of hydrogen-bond donors (Lipinski definition) is 3. The van der Waals surface area contributed by atoms with Gasteiger partial charge in [0.1, 0.15) is 12.4 Å². The Balaban J connectivity index is 2.81. The highest BCUT2D eigenvalue weighted by molar-refractivity contribution is 6.30. The van der Waals surface area contributed by atoms with Gasteiger partial charge in [0, 0.05) is 24.0 Å². The van der Waals surface area contributed by atoms with Gasteiger partial charge in [-0.3, -0.25) is 10.3 Å². The Morgan fingerprint density at radius 3 is 2.86 bits per heavy atom. The van der Waals surface area contributed by atoms with Crippen LogP contribution in [-0.4, -0.2) is 29.2 Å². The van der Waals surface area contributed by atoms with Gasteiger partial charge >= 0.3 is 6.03 Å². The number of nitrogens with zero attached hydrogens (tertiary/aromatic N) is 2. The third-order valence-electron chi connectivity index (χ3n) is 2.26. The molecule has 0 fully saturated rings. The van der Waals surface area contributed by atoms with Gasteiger partial charge < -0.3 is 15.8 Å². The van der Waals surface area contributed by atoms with E-state index in [1.54, 1.807) is 13.0 Å². The molecule has 0 aliphatic heterocycles. The van der Waals surface area contributed by atoms with Crippen molar-refractivity contribution in [1.82, 2.24) is 15.3 Å². The lowest BCUT2D eigenvalue weighted by molar-refractivity contribution is 0.223. The summed E-state index contributed by atoms with van der Waals surface area (Å²) in [7, 11) is 0. The third kappa shape index (κ3) is 6.38. The summed E-state index contributed by atoms with van der Waals surface area (Å²) < 4.78 is 5.45. The fraction of sp³-hybridized carbons (Fsp3) is 0.214. The normalized spacial score (nSPS) is 11.8. The number of ether oxygens (including phenoxy) is 1. The van der Waals surface area contributed by atoms with E-state index in [2.05, 4.69) is 27.2 Å². The van der Waals surface area contributed by atoms with Crippen LogP contribution in [0.2, 0.25) is 0 Å². The molecule has 7 nitrogen and oxygen atoms in total. The number of aromatic nitrogens is 2. The molecule has 0 aliphatic carbocycles. The van der Waals surface area contributed by atoms with Gasteiger partial charge in [-0.25, -0.2) is 9.78 Å². The third-order valence-corrected chi connectivity index (χ3v) is 2.37. The molecule has 1 aromatic heterocycles. The van der Waals surface area contributed by atoms with Crippen LogP contribution in [0.5, 0.6) is 0 Å². The Labute approximate surface area is 133 Å². The number of carbonyl (C=O) groups excluding carboxylic acids is 1. The summed E-state index contributed by atoms with van der Waals surface area (Å²) in [6.45, 7) is 5.98. The second-order valence-electron chi connectivity index (χ2n) is 3.96. The van der Waals surface area contributed by atoms with E-state index in [0.29, 0.717) is 30.4 Å². The predicted octanol–water partition coefficient (Wildman–Crippen LogP) is 2.11. The summed E-state index contributed by atoms with van der Waals surface area (Å²) in [6, 6.07) is -0.514. The van der Waals surface area contributed by atoms with Gasteiger partial charge in [0.05, 0.1) is 11.9 Å². The summed E-state index contributed by atoms with van der Waals surface area (Å²) in [4.78, 5) is 19.8. The maximum atomic E-state index is 12.0. The van der Waals surface area contributed by atoms with Crippen LogP contribution in [0, 0.1) is 0 Å². The highest BCUT2D eigenvalue weighted by atomic mass is 35.5. The number of hydrogen-bond acceptors (Lipinski definition) is 5. The predicted molar refractivity (Wildman–Crippen MR) is 86.0 cm³/mol. The van der Waals surface area contributed by atoms with Crippen molar-refractivity contribution < 1.29 is 9.53 Å². The van der Waals surface area contributed by atoms with Crippen molar-refractivity contribution in [2.75, 3.05) is 18.5 Å². The van der Waals surface area contributed by atoms with E-state index in [1.165, 1.54) is 24.7 Å². The average molecular weight is 324 g/mol. The molecule has 1 rings (SSSR count). The number of allylic oxidation sites excluding steroid dienone is 3. The van der Waals surface area contributed by atoms with Crippen LogP contribution in [0.1, 0.15) is 6.92 Å². The Kier molecular flexibility index (Phi) is 7.66. The van der Waals surface area contributed by atoms with E-state index < -0.39 is 6.03 Å². The molecule has 8 heteroatoms. The number of amides is 2. The number of carbonyl (C=O) groups is 1. The quantitative estimate of drug-likeness (QED) is 0.527. The molecule has 0 saturated heterocycles. The molecule has 0 spiro atoms. The molecule has 0 saturated carbocycles. The monoisotopic (exact) mass is 323 g/mol. The molecule has 0 aliphatic rings. The Morgan fingerprint density at radius 2 is 2.32 bits per heavy atom. The smallest absolute Gasteiger partial charge is 0.325 e. The Bertz CT molecular complexity index is 572. The van der Waals surface area contributed by atoms with Gasteiger partial charge in [-0.1, -0.05) is 18.2 Å². The molecule has 0 atom stereocenters. The van der Waals surface area contributed by atoms with Crippen LogP contribution in [0.3, 0.4) is 0 Å². The van der Waals surface area contributed by atoms with Crippen LogP contribution in [-0.2, 0) is 4.74 Å². The van der Waals surface area contributed by atoms with Gasteiger partial charge in [-0.2, -0.15) is 0 Å².